The minimum absolute atomic E-state index is 0.0671. The van der Waals surface area contributed by atoms with Crippen LogP contribution in [0.2, 0.25) is 5.02 Å². The maximum Gasteiger partial charge on any atom is 0.205 e. The van der Waals surface area contributed by atoms with Crippen LogP contribution in [0.1, 0.15) is 28.6 Å². The Labute approximate surface area is 212 Å². The van der Waals surface area contributed by atoms with Crippen LogP contribution < -0.4 is 4.74 Å². The fraction of sp³-hybridized carbons (Fsp3) is 0.250. The van der Waals surface area contributed by atoms with E-state index in [-0.39, 0.29) is 22.1 Å². The second-order valence-electron chi connectivity index (χ2n) is 8.85. The molecule has 1 aliphatic heterocycles. The Bertz CT molecular complexity index is 1380. The van der Waals surface area contributed by atoms with Crippen molar-refractivity contribution in [2.45, 2.75) is 13.3 Å². The minimum atomic E-state index is -0.497. The molecule has 4 aromatic rings. The molecule has 1 aliphatic rings. The predicted molar refractivity (Wildman–Crippen MR) is 139 cm³/mol. The summed E-state index contributed by atoms with van der Waals surface area (Å²) < 4.78 is 20.3. The lowest BCUT2D eigenvalue weighted by molar-refractivity contribution is 0.0806. The number of rotatable bonds is 8. The first-order valence-corrected chi connectivity index (χ1v) is 12.8. The average molecular weight is 510 g/mol. The van der Waals surface area contributed by atoms with Gasteiger partial charge in [0.25, 0.3) is 0 Å². The number of phenolic OH excluding ortho intramolecular Hbond substituents is 1. The van der Waals surface area contributed by atoms with E-state index < -0.39 is 5.82 Å². The molecular formula is C28H25ClFNO3S. The van der Waals surface area contributed by atoms with Gasteiger partial charge in [-0.05, 0) is 60.0 Å². The van der Waals surface area contributed by atoms with E-state index in [1.807, 2.05) is 24.3 Å². The number of carbonyl (C=O) groups excluding carboxylic acids is 1. The number of hydrogen-bond donors (Lipinski definition) is 1. The first kappa shape index (κ1) is 23.8. The third-order valence-corrected chi connectivity index (χ3v) is 7.95. The van der Waals surface area contributed by atoms with Crippen molar-refractivity contribution < 1.29 is 19.0 Å². The van der Waals surface area contributed by atoms with E-state index in [1.165, 1.54) is 29.9 Å². The minimum Gasteiger partial charge on any atom is -0.508 e. The molecule has 0 atom stereocenters. The molecule has 1 N–H and O–H groups in total. The molecule has 0 radical (unpaired) electrons. The summed E-state index contributed by atoms with van der Waals surface area (Å²) in [5, 5.41) is 10.9. The topological polar surface area (TPSA) is 49.8 Å². The van der Waals surface area contributed by atoms with E-state index in [0.29, 0.717) is 11.5 Å². The second kappa shape index (κ2) is 9.97. The number of benzene rings is 3. The molecule has 0 amide bonds. The molecule has 0 bridgehead atoms. The average Bonchev–Trinajstić information content (AvgIpc) is 3.19. The summed E-state index contributed by atoms with van der Waals surface area (Å²) in [5.41, 5.74) is 1.85. The Hall–Kier alpha value is -2.93. The molecule has 4 nitrogen and oxygen atoms in total. The molecule has 0 saturated carbocycles. The van der Waals surface area contributed by atoms with Gasteiger partial charge >= 0.3 is 0 Å². The molecule has 35 heavy (non-hydrogen) atoms. The lowest BCUT2D eigenvalue weighted by Gasteiger charge is -2.38. The van der Waals surface area contributed by atoms with E-state index >= 15 is 0 Å². The van der Waals surface area contributed by atoms with Gasteiger partial charge in [0.05, 0.1) is 9.90 Å². The van der Waals surface area contributed by atoms with Crippen molar-refractivity contribution in [1.29, 1.82) is 0 Å². The van der Waals surface area contributed by atoms with Gasteiger partial charge in [-0.25, -0.2) is 4.39 Å². The van der Waals surface area contributed by atoms with Crippen molar-refractivity contribution in [1.82, 2.24) is 4.90 Å². The van der Waals surface area contributed by atoms with Gasteiger partial charge in [0.2, 0.25) is 5.78 Å². The predicted octanol–water partition coefficient (Wildman–Crippen LogP) is 7.02. The summed E-state index contributed by atoms with van der Waals surface area (Å²) in [4.78, 5) is 16.4. The van der Waals surface area contributed by atoms with Gasteiger partial charge in [0, 0.05) is 40.8 Å². The Balaban J connectivity index is 1.42. The molecule has 0 aliphatic carbocycles. The molecule has 1 saturated heterocycles. The highest BCUT2D eigenvalue weighted by molar-refractivity contribution is 7.21. The number of hydrogen-bond acceptors (Lipinski definition) is 5. The number of halogens is 2. The lowest BCUT2D eigenvalue weighted by atomic mass is 9.98. The number of thiophene rings is 1. The van der Waals surface area contributed by atoms with Crippen LogP contribution in [0.4, 0.5) is 4.39 Å². The fourth-order valence-electron chi connectivity index (χ4n) is 4.46. The number of phenols is 1. The molecule has 3 aromatic carbocycles. The summed E-state index contributed by atoms with van der Waals surface area (Å²) in [7, 11) is 0. The molecule has 180 valence electrons. The smallest absolute Gasteiger partial charge is 0.205 e. The number of ether oxygens (including phenoxy) is 1. The summed E-state index contributed by atoms with van der Waals surface area (Å²) >= 11 is 7.48. The molecule has 2 heterocycles. The van der Waals surface area contributed by atoms with Crippen LogP contribution in [-0.4, -0.2) is 42.0 Å². The van der Waals surface area contributed by atoms with Gasteiger partial charge in [-0.15, -0.1) is 11.3 Å². The fourth-order valence-corrected chi connectivity index (χ4v) is 5.92. The van der Waals surface area contributed by atoms with Crippen molar-refractivity contribution in [3.8, 4) is 22.6 Å². The van der Waals surface area contributed by atoms with Crippen molar-refractivity contribution in [3.63, 3.8) is 0 Å². The molecule has 5 rings (SSSR count). The van der Waals surface area contributed by atoms with Crippen LogP contribution in [0.5, 0.6) is 11.5 Å². The number of ketones is 1. The zero-order chi connectivity index (χ0) is 24.5. The highest BCUT2D eigenvalue weighted by Gasteiger charge is 2.25. The summed E-state index contributed by atoms with van der Waals surface area (Å²) in [6.07, 6.45) is 1.23. The Morgan fingerprint density at radius 3 is 2.63 bits per heavy atom. The molecule has 0 spiro atoms. The zero-order valence-corrected chi connectivity index (χ0v) is 20.8. The van der Waals surface area contributed by atoms with E-state index in [9.17, 15) is 14.3 Å². The number of nitrogens with zero attached hydrogens (tertiary/aromatic N) is 1. The summed E-state index contributed by atoms with van der Waals surface area (Å²) in [6.45, 7) is 6.06. The van der Waals surface area contributed by atoms with E-state index in [4.69, 9.17) is 16.3 Å². The number of fused-ring (bicyclic) bond motifs is 1. The van der Waals surface area contributed by atoms with Crippen molar-refractivity contribution in [3.05, 3.63) is 81.9 Å². The molecular weight excluding hydrogens is 485 g/mol. The normalized spacial score (nSPS) is 14.3. The first-order chi connectivity index (χ1) is 16.9. The summed E-state index contributed by atoms with van der Waals surface area (Å²) in [5.74, 6) is 0.931. The van der Waals surface area contributed by atoms with Gasteiger partial charge < -0.3 is 9.84 Å². The number of likely N-dealkylation sites (tertiary alicyclic amines) is 1. The van der Waals surface area contributed by atoms with Crippen LogP contribution in [0.25, 0.3) is 21.2 Å². The molecule has 7 heteroatoms. The van der Waals surface area contributed by atoms with E-state index in [1.54, 1.807) is 18.2 Å². The Morgan fingerprint density at radius 1 is 1.14 bits per heavy atom. The van der Waals surface area contributed by atoms with Gasteiger partial charge in [-0.1, -0.05) is 37.1 Å². The SMILES string of the molecule is CCC1CN(CCOc2ccc(-c3c(C(=O)c4ccc(F)cc4Cl)sc4cc(O)ccc34)cc2)C1. The van der Waals surface area contributed by atoms with Crippen LogP contribution in [-0.2, 0) is 0 Å². The molecule has 1 fully saturated rings. The van der Waals surface area contributed by atoms with Crippen LogP contribution in [0.3, 0.4) is 0 Å². The monoisotopic (exact) mass is 509 g/mol. The van der Waals surface area contributed by atoms with Crippen LogP contribution in [0.15, 0.2) is 60.7 Å². The largest absolute Gasteiger partial charge is 0.508 e. The number of carbonyl (C=O) groups is 1. The molecule has 0 unspecified atom stereocenters. The third kappa shape index (κ3) is 4.92. The van der Waals surface area contributed by atoms with Crippen molar-refractivity contribution in [2.75, 3.05) is 26.2 Å². The number of aromatic hydroxyl groups is 1. The Kier molecular flexibility index (Phi) is 6.78. The first-order valence-electron chi connectivity index (χ1n) is 11.6. The van der Waals surface area contributed by atoms with Crippen LogP contribution in [0, 0.1) is 11.7 Å². The highest BCUT2D eigenvalue weighted by Crippen LogP contribution is 2.42. The van der Waals surface area contributed by atoms with Gasteiger partial charge in [-0.2, -0.15) is 0 Å². The second-order valence-corrected chi connectivity index (χ2v) is 10.3. The van der Waals surface area contributed by atoms with Gasteiger partial charge in [-0.3, -0.25) is 9.69 Å². The lowest BCUT2D eigenvalue weighted by Crippen LogP contribution is -2.47. The highest BCUT2D eigenvalue weighted by atomic mass is 35.5. The van der Waals surface area contributed by atoms with Gasteiger partial charge in [0.1, 0.15) is 23.9 Å². The van der Waals surface area contributed by atoms with E-state index in [0.717, 1.165) is 58.6 Å². The van der Waals surface area contributed by atoms with Gasteiger partial charge in [0.15, 0.2) is 0 Å². The quantitative estimate of drug-likeness (QED) is 0.259. The Morgan fingerprint density at radius 2 is 1.91 bits per heavy atom. The maximum absolute atomic E-state index is 13.6. The van der Waals surface area contributed by atoms with Crippen molar-refractivity contribution in [2.24, 2.45) is 5.92 Å². The maximum atomic E-state index is 13.6. The van der Waals surface area contributed by atoms with Crippen molar-refractivity contribution >= 4 is 38.8 Å². The zero-order valence-electron chi connectivity index (χ0n) is 19.3. The summed E-state index contributed by atoms with van der Waals surface area (Å²) in [6, 6.07) is 16.5. The van der Waals surface area contributed by atoms with E-state index in [2.05, 4.69) is 11.8 Å². The third-order valence-electron chi connectivity index (χ3n) is 6.48. The molecule has 1 aromatic heterocycles. The van der Waals surface area contributed by atoms with Crippen LogP contribution >= 0.6 is 22.9 Å². The standard InChI is InChI=1S/C28H25ClFNO3S/c1-2-17-15-31(16-17)11-12-34-21-7-3-18(4-8-21)26-23-10-6-20(32)14-25(23)35-28(26)27(33)22-9-5-19(30)13-24(22)29/h3-10,13-14,17,32H,2,11-12,15-16H2,1H3.